The Balaban J connectivity index is 2.11. The van der Waals surface area contributed by atoms with Crippen molar-refractivity contribution >= 4 is 44.1 Å². The summed E-state index contributed by atoms with van der Waals surface area (Å²) in [5.74, 6) is -0.406. The summed E-state index contributed by atoms with van der Waals surface area (Å²) in [5.41, 5.74) is 0.451. The number of sulfonamides is 1. The molecule has 2 rings (SSSR count). The molecule has 0 amide bonds. The van der Waals surface area contributed by atoms with Crippen LogP contribution >= 0.6 is 22.9 Å². The summed E-state index contributed by atoms with van der Waals surface area (Å²) in [5, 5.41) is 2.11. The molecule has 0 saturated carbocycles. The summed E-state index contributed by atoms with van der Waals surface area (Å²) < 4.78 is 31.6. The molecule has 0 spiro atoms. The molecule has 0 bridgehead atoms. The predicted octanol–water partition coefficient (Wildman–Crippen LogP) is 2.70. The van der Waals surface area contributed by atoms with Crippen molar-refractivity contribution in [2.45, 2.75) is 18.2 Å². The number of thiazole rings is 1. The van der Waals surface area contributed by atoms with Gasteiger partial charge in [0.15, 0.2) is 5.13 Å². The van der Waals surface area contributed by atoms with E-state index in [2.05, 4.69) is 9.71 Å². The Bertz CT molecular complexity index is 774. The van der Waals surface area contributed by atoms with Crippen LogP contribution in [0.1, 0.15) is 12.6 Å². The second kappa shape index (κ2) is 7.08. The molecule has 2 aromatic rings. The smallest absolute Gasteiger partial charge is 0.311 e. The van der Waals surface area contributed by atoms with Gasteiger partial charge in [-0.05, 0) is 25.1 Å². The average Bonchev–Trinajstić information content (AvgIpc) is 2.85. The minimum Gasteiger partial charge on any atom is -0.466 e. The number of carbonyl (C=O) groups excluding carboxylic acids is 1. The third kappa shape index (κ3) is 4.43. The fourth-order valence-electron chi connectivity index (χ4n) is 1.60. The maximum atomic E-state index is 12.2. The van der Waals surface area contributed by atoms with Crippen LogP contribution in [0.3, 0.4) is 0 Å². The first kappa shape index (κ1) is 16.7. The number of ether oxygens (including phenoxy) is 1. The van der Waals surface area contributed by atoms with Gasteiger partial charge in [-0.15, -0.1) is 11.3 Å². The van der Waals surface area contributed by atoms with E-state index in [0.29, 0.717) is 10.7 Å². The van der Waals surface area contributed by atoms with Gasteiger partial charge < -0.3 is 4.74 Å². The highest BCUT2D eigenvalue weighted by molar-refractivity contribution is 7.93. The second-order valence-electron chi connectivity index (χ2n) is 4.19. The third-order valence-corrected chi connectivity index (χ3v) is 5.02. The minimum absolute atomic E-state index is 0.00321. The van der Waals surface area contributed by atoms with Crippen LogP contribution in [0.15, 0.2) is 34.5 Å². The normalized spacial score (nSPS) is 11.2. The maximum Gasteiger partial charge on any atom is 0.311 e. The van der Waals surface area contributed by atoms with E-state index in [1.807, 2.05) is 0 Å². The SMILES string of the molecule is CCOC(=O)Cc1csc(NS(=O)(=O)c2cccc(Cl)c2)n1. The number of nitrogens with zero attached hydrogens (tertiary/aromatic N) is 1. The van der Waals surface area contributed by atoms with Crippen LogP contribution in [-0.4, -0.2) is 26.0 Å². The molecule has 1 N–H and O–H groups in total. The van der Waals surface area contributed by atoms with Crippen molar-refractivity contribution in [3.05, 3.63) is 40.4 Å². The molecule has 118 valence electrons. The third-order valence-electron chi connectivity index (χ3n) is 2.51. The molecule has 1 heterocycles. The summed E-state index contributed by atoms with van der Waals surface area (Å²) in [4.78, 5) is 15.5. The zero-order chi connectivity index (χ0) is 16.2. The summed E-state index contributed by atoms with van der Waals surface area (Å²) in [7, 11) is -3.76. The van der Waals surface area contributed by atoms with Gasteiger partial charge in [0, 0.05) is 10.4 Å². The minimum atomic E-state index is -3.76. The van der Waals surface area contributed by atoms with Gasteiger partial charge in [-0.1, -0.05) is 17.7 Å². The monoisotopic (exact) mass is 360 g/mol. The van der Waals surface area contributed by atoms with Gasteiger partial charge in [0.25, 0.3) is 10.0 Å². The molecule has 0 radical (unpaired) electrons. The Morgan fingerprint density at radius 2 is 2.23 bits per heavy atom. The predicted molar refractivity (Wildman–Crippen MR) is 84.7 cm³/mol. The van der Waals surface area contributed by atoms with Crippen molar-refractivity contribution in [2.24, 2.45) is 0 Å². The molecule has 6 nitrogen and oxygen atoms in total. The number of nitrogens with one attached hydrogen (secondary N) is 1. The molecule has 0 saturated heterocycles. The van der Waals surface area contributed by atoms with Crippen LogP contribution in [0.25, 0.3) is 0 Å². The lowest BCUT2D eigenvalue weighted by molar-refractivity contribution is -0.142. The van der Waals surface area contributed by atoms with Crippen LogP contribution in [0, 0.1) is 0 Å². The summed E-state index contributed by atoms with van der Waals surface area (Å²) in [6, 6.07) is 5.91. The second-order valence-corrected chi connectivity index (χ2v) is 7.17. The van der Waals surface area contributed by atoms with Gasteiger partial charge >= 0.3 is 5.97 Å². The van der Waals surface area contributed by atoms with E-state index in [4.69, 9.17) is 16.3 Å². The number of rotatable bonds is 6. The molecule has 1 aromatic heterocycles. The highest BCUT2D eigenvalue weighted by Crippen LogP contribution is 2.22. The molecule has 1 aromatic carbocycles. The van der Waals surface area contributed by atoms with Gasteiger partial charge in [0.05, 0.1) is 23.6 Å². The van der Waals surface area contributed by atoms with Crippen molar-refractivity contribution < 1.29 is 17.9 Å². The van der Waals surface area contributed by atoms with Crippen molar-refractivity contribution in [2.75, 3.05) is 11.3 Å². The number of carbonyl (C=O) groups is 1. The quantitative estimate of drug-likeness (QED) is 0.800. The van der Waals surface area contributed by atoms with E-state index < -0.39 is 16.0 Å². The van der Waals surface area contributed by atoms with Gasteiger partial charge in [0.1, 0.15) is 0 Å². The Morgan fingerprint density at radius 3 is 2.91 bits per heavy atom. The summed E-state index contributed by atoms with van der Waals surface area (Å²) in [6.07, 6.45) is 0.00321. The van der Waals surface area contributed by atoms with Crippen LogP contribution in [0.2, 0.25) is 5.02 Å². The number of anilines is 1. The Morgan fingerprint density at radius 1 is 1.45 bits per heavy atom. The van der Waals surface area contributed by atoms with Crippen LogP contribution in [-0.2, 0) is 26.0 Å². The fraction of sp³-hybridized carbons (Fsp3) is 0.231. The van der Waals surface area contributed by atoms with Crippen molar-refractivity contribution in [1.82, 2.24) is 4.98 Å². The molecule has 0 atom stereocenters. The number of halogens is 1. The van der Waals surface area contributed by atoms with Gasteiger partial charge in [-0.2, -0.15) is 0 Å². The summed E-state index contributed by atoms with van der Waals surface area (Å²) in [6.45, 7) is 2.00. The molecule has 0 aliphatic rings. The summed E-state index contributed by atoms with van der Waals surface area (Å²) >= 11 is 6.88. The average molecular weight is 361 g/mol. The van der Waals surface area contributed by atoms with Crippen molar-refractivity contribution in [1.29, 1.82) is 0 Å². The molecular weight excluding hydrogens is 348 g/mol. The van der Waals surface area contributed by atoms with E-state index in [9.17, 15) is 13.2 Å². The number of hydrogen-bond donors (Lipinski definition) is 1. The van der Waals surface area contributed by atoms with E-state index in [-0.39, 0.29) is 23.1 Å². The lowest BCUT2D eigenvalue weighted by Gasteiger charge is -2.05. The zero-order valence-corrected chi connectivity index (χ0v) is 14.0. The van der Waals surface area contributed by atoms with Gasteiger partial charge in [-0.25, -0.2) is 13.4 Å². The lowest BCUT2D eigenvalue weighted by Crippen LogP contribution is -2.13. The van der Waals surface area contributed by atoms with E-state index in [1.165, 1.54) is 12.1 Å². The van der Waals surface area contributed by atoms with Crippen LogP contribution in [0.4, 0.5) is 5.13 Å². The number of esters is 1. The first-order chi connectivity index (χ1) is 10.4. The molecular formula is C13H13ClN2O4S2. The van der Waals surface area contributed by atoms with Gasteiger partial charge in [-0.3, -0.25) is 9.52 Å². The first-order valence-electron chi connectivity index (χ1n) is 6.29. The molecule has 0 fully saturated rings. The molecule has 22 heavy (non-hydrogen) atoms. The Hall–Kier alpha value is -1.64. The van der Waals surface area contributed by atoms with E-state index in [1.54, 1.807) is 24.4 Å². The number of aromatic nitrogens is 1. The largest absolute Gasteiger partial charge is 0.466 e. The van der Waals surface area contributed by atoms with Crippen LogP contribution < -0.4 is 4.72 Å². The van der Waals surface area contributed by atoms with E-state index >= 15 is 0 Å². The van der Waals surface area contributed by atoms with Crippen molar-refractivity contribution in [3.8, 4) is 0 Å². The number of hydrogen-bond acceptors (Lipinski definition) is 6. The zero-order valence-electron chi connectivity index (χ0n) is 11.6. The standard InChI is InChI=1S/C13H13ClN2O4S2/c1-2-20-12(17)7-10-8-21-13(15-10)16-22(18,19)11-5-3-4-9(14)6-11/h3-6,8H,2,7H2,1H3,(H,15,16). The number of benzene rings is 1. The van der Waals surface area contributed by atoms with Crippen molar-refractivity contribution in [3.63, 3.8) is 0 Å². The highest BCUT2D eigenvalue weighted by atomic mass is 35.5. The highest BCUT2D eigenvalue weighted by Gasteiger charge is 2.17. The lowest BCUT2D eigenvalue weighted by atomic mass is 10.3. The molecule has 0 aliphatic carbocycles. The first-order valence-corrected chi connectivity index (χ1v) is 9.03. The van der Waals surface area contributed by atoms with Gasteiger partial charge in [0.2, 0.25) is 0 Å². The fourth-order valence-corrected chi connectivity index (χ4v) is 3.87. The molecule has 0 aliphatic heterocycles. The van der Waals surface area contributed by atoms with Crippen LogP contribution in [0.5, 0.6) is 0 Å². The Labute approximate surface area is 137 Å². The Kier molecular flexibility index (Phi) is 5.38. The maximum absolute atomic E-state index is 12.2. The van der Waals surface area contributed by atoms with E-state index in [0.717, 1.165) is 11.3 Å². The molecule has 9 heteroatoms. The molecule has 0 unspecified atom stereocenters. The topological polar surface area (TPSA) is 85.4 Å².